The average Bonchev–Trinajstić information content (AvgIpc) is 2.79. The predicted octanol–water partition coefficient (Wildman–Crippen LogP) is 4.75. The molecule has 0 heterocycles. The summed E-state index contributed by atoms with van der Waals surface area (Å²) in [6.07, 6.45) is 0. The Kier molecular flexibility index (Phi) is 6.75. The maximum absolute atomic E-state index is 13.5. The molecule has 0 aliphatic heterocycles. The van der Waals surface area contributed by atoms with Crippen LogP contribution < -0.4 is 15.2 Å². The molecule has 5 heteroatoms. The van der Waals surface area contributed by atoms with E-state index in [1.165, 1.54) is 0 Å². The Hall–Kier alpha value is -3.60. The largest absolute Gasteiger partial charge is 0.497 e. The highest BCUT2D eigenvalue weighted by atomic mass is 16.5. The van der Waals surface area contributed by atoms with Crippen LogP contribution in [0.5, 0.6) is 11.5 Å². The van der Waals surface area contributed by atoms with Crippen LogP contribution in [0, 0.1) is 5.41 Å². The number of methoxy groups -OCH3 is 1. The molecule has 0 fully saturated rings. The summed E-state index contributed by atoms with van der Waals surface area (Å²) in [6, 6.07) is 23.9. The normalized spacial score (nSPS) is 12.1. The third-order valence-electron chi connectivity index (χ3n) is 5.46. The second-order valence-corrected chi connectivity index (χ2v) is 7.96. The molecule has 5 nitrogen and oxygen atoms in total. The second kappa shape index (κ2) is 9.47. The Morgan fingerprint density at radius 1 is 0.871 bits per heavy atom. The lowest BCUT2D eigenvalue weighted by molar-refractivity contribution is -0.126. The van der Waals surface area contributed by atoms with E-state index in [4.69, 9.17) is 15.2 Å². The minimum atomic E-state index is -1.08. The summed E-state index contributed by atoms with van der Waals surface area (Å²) in [7, 11) is 1.58. The van der Waals surface area contributed by atoms with Gasteiger partial charge in [-0.15, -0.1) is 0 Å². The Morgan fingerprint density at radius 3 is 2.00 bits per heavy atom. The fraction of sp³-hybridized carbons (Fsp3) is 0.231. The smallest absolute Gasteiger partial charge is 0.224 e. The molecule has 0 radical (unpaired) electrons. The second-order valence-electron chi connectivity index (χ2n) is 7.96. The van der Waals surface area contributed by atoms with Crippen molar-refractivity contribution in [2.75, 3.05) is 7.11 Å². The monoisotopic (exact) mass is 417 g/mol. The molecule has 31 heavy (non-hydrogen) atoms. The van der Waals surface area contributed by atoms with Gasteiger partial charge in [0.15, 0.2) is 5.78 Å². The number of rotatable bonds is 9. The first-order valence-electron chi connectivity index (χ1n) is 10.1. The van der Waals surface area contributed by atoms with Crippen LogP contribution in [-0.4, -0.2) is 18.8 Å². The van der Waals surface area contributed by atoms with Crippen molar-refractivity contribution >= 4 is 11.7 Å². The van der Waals surface area contributed by atoms with Gasteiger partial charge in [-0.1, -0.05) is 42.5 Å². The molecular formula is C26H27NO4. The van der Waals surface area contributed by atoms with E-state index >= 15 is 0 Å². The maximum Gasteiger partial charge on any atom is 0.224 e. The molecule has 3 aromatic carbocycles. The van der Waals surface area contributed by atoms with Crippen LogP contribution in [0.15, 0.2) is 78.9 Å². The standard InChI is InChI=1S/C26H27NO4/c1-26(2,25(27)29)23(19-9-13-21(30-3)14-10-19)24(28)20-11-15-22(16-12-20)31-17-18-7-5-4-6-8-18/h4-16,23H,17H2,1-3H3,(H2,27,29). The molecule has 0 aliphatic rings. The van der Waals surface area contributed by atoms with Crippen LogP contribution in [0.25, 0.3) is 0 Å². The van der Waals surface area contributed by atoms with E-state index in [9.17, 15) is 9.59 Å². The van der Waals surface area contributed by atoms with Gasteiger partial charge in [0, 0.05) is 5.56 Å². The van der Waals surface area contributed by atoms with Crippen molar-refractivity contribution in [2.45, 2.75) is 26.4 Å². The first kappa shape index (κ1) is 22.1. The summed E-state index contributed by atoms with van der Waals surface area (Å²) in [5.74, 6) is -0.109. The number of benzene rings is 3. The van der Waals surface area contributed by atoms with Crippen molar-refractivity contribution in [3.05, 3.63) is 95.6 Å². The van der Waals surface area contributed by atoms with E-state index in [1.807, 2.05) is 30.3 Å². The zero-order valence-electron chi connectivity index (χ0n) is 18.0. The molecule has 1 amide bonds. The Balaban J connectivity index is 1.84. The van der Waals surface area contributed by atoms with Gasteiger partial charge in [-0.3, -0.25) is 9.59 Å². The molecule has 0 aromatic heterocycles. The van der Waals surface area contributed by atoms with E-state index in [-0.39, 0.29) is 5.78 Å². The van der Waals surface area contributed by atoms with Crippen molar-refractivity contribution in [2.24, 2.45) is 11.1 Å². The number of ketones is 1. The predicted molar refractivity (Wildman–Crippen MR) is 120 cm³/mol. The number of carbonyl (C=O) groups excluding carboxylic acids is 2. The first-order valence-corrected chi connectivity index (χ1v) is 10.1. The summed E-state index contributed by atoms with van der Waals surface area (Å²) >= 11 is 0. The molecule has 160 valence electrons. The van der Waals surface area contributed by atoms with Crippen LogP contribution in [-0.2, 0) is 11.4 Å². The third-order valence-corrected chi connectivity index (χ3v) is 5.46. The molecule has 0 saturated heterocycles. The van der Waals surface area contributed by atoms with Crippen molar-refractivity contribution < 1.29 is 19.1 Å². The number of amides is 1. The van der Waals surface area contributed by atoms with E-state index < -0.39 is 17.2 Å². The zero-order valence-corrected chi connectivity index (χ0v) is 18.0. The molecule has 0 aliphatic carbocycles. The highest BCUT2D eigenvalue weighted by Crippen LogP contribution is 2.39. The van der Waals surface area contributed by atoms with E-state index in [1.54, 1.807) is 69.5 Å². The van der Waals surface area contributed by atoms with Gasteiger partial charge in [0.2, 0.25) is 5.91 Å². The average molecular weight is 418 g/mol. The summed E-state index contributed by atoms with van der Waals surface area (Å²) in [6.45, 7) is 3.83. The van der Waals surface area contributed by atoms with Gasteiger partial charge in [0.1, 0.15) is 18.1 Å². The molecule has 1 atom stereocenters. The number of carbonyl (C=O) groups is 2. The van der Waals surface area contributed by atoms with Gasteiger partial charge >= 0.3 is 0 Å². The van der Waals surface area contributed by atoms with E-state index in [0.717, 1.165) is 5.56 Å². The van der Waals surface area contributed by atoms with Gasteiger partial charge in [-0.05, 0) is 61.4 Å². The minimum Gasteiger partial charge on any atom is -0.497 e. The van der Waals surface area contributed by atoms with Crippen molar-refractivity contribution in [1.29, 1.82) is 0 Å². The van der Waals surface area contributed by atoms with Crippen molar-refractivity contribution in [3.8, 4) is 11.5 Å². The Labute approximate surface area is 182 Å². The minimum absolute atomic E-state index is 0.177. The van der Waals surface area contributed by atoms with Crippen LogP contribution >= 0.6 is 0 Å². The summed E-state index contributed by atoms with van der Waals surface area (Å²) in [5.41, 5.74) is 6.84. The first-order chi connectivity index (χ1) is 14.8. The molecule has 2 N–H and O–H groups in total. The lowest BCUT2D eigenvalue weighted by Gasteiger charge is -2.31. The fourth-order valence-corrected chi connectivity index (χ4v) is 3.46. The Bertz CT molecular complexity index is 1030. The summed E-state index contributed by atoms with van der Waals surface area (Å²) in [4.78, 5) is 25.7. The number of nitrogens with two attached hydrogens (primary N) is 1. The molecule has 3 rings (SSSR count). The summed E-state index contributed by atoms with van der Waals surface area (Å²) < 4.78 is 11.0. The van der Waals surface area contributed by atoms with Crippen molar-refractivity contribution in [3.63, 3.8) is 0 Å². The van der Waals surface area contributed by atoms with Crippen LogP contribution in [0.4, 0.5) is 0 Å². The quantitative estimate of drug-likeness (QED) is 0.510. The van der Waals surface area contributed by atoms with Gasteiger partial charge in [-0.25, -0.2) is 0 Å². The summed E-state index contributed by atoms with van der Waals surface area (Å²) in [5, 5.41) is 0. The van der Waals surface area contributed by atoms with Crippen LogP contribution in [0.3, 0.4) is 0 Å². The molecule has 0 bridgehead atoms. The van der Waals surface area contributed by atoms with Gasteiger partial charge in [-0.2, -0.15) is 0 Å². The topological polar surface area (TPSA) is 78.6 Å². The molecular weight excluding hydrogens is 390 g/mol. The molecule has 1 unspecified atom stereocenters. The lowest BCUT2D eigenvalue weighted by Crippen LogP contribution is -2.40. The molecule has 0 saturated carbocycles. The van der Waals surface area contributed by atoms with Crippen LogP contribution in [0.2, 0.25) is 0 Å². The molecule has 3 aromatic rings. The number of hydrogen-bond donors (Lipinski definition) is 1. The SMILES string of the molecule is COc1ccc(C(C(=O)c2ccc(OCc3ccccc3)cc2)C(C)(C)C(N)=O)cc1. The fourth-order valence-electron chi connectivity index (χ4n) is 3.46. The highest BCUT2D eigenvalue weighted by molar-refractivity contribution is 6.04. The lowest BCUT2D eigenvalue weighted by atomic mass is 9.70. The van der Waals surface area contributed by atoms with E-state index in [2.05, 4.69) is 0 Å². The zero-order chi connectivity index (χ0) is 22.4. The Morgan fingerprint density at radius 2 is 1.45 bits per heavy atom. The van der Waals surface area contributed by atoms with Crippen molar-refractivity contribution in [1.82, 2.24) is 0 Å². The number of primary amides is 1. The van der Waals surface area contributed by atoms with E-state index in [0.29, 0.717) is 29.2 Å². The van der Waals surface area contributed by atoms with Gasteiger partial charge in [0.05, 0.1) is 18.4 Å². The maximum atomic E-state index is 13.5. The number of ether oxygens (including phenoxy) is 2. The number of hydrogen-bond acceptors (Lipinski definition) is 4. The van der Waals surface area contributed by atoms with Crippen LogP contribution in [0.1, 0.15) is 41.3 Å². The van der Waals surface area contributed by atoms with Gasteiger partial charge in [0.25, 0.3) is 0 Å². The third kappa shape index (κ3) is 5.12. The number of Topliss-reactive ketones (excluding diaryl/α,β-unsaturated/α-hetero) is 1. The molecule has 0 spiro atoms. The highest BCUT2D eigenvalue weighted by Gasteiger charge is 2.41. The van der Waals surface area contributed by atoms with Gasteiger partial charge < -0.3 is 15.2 Å².